The van der Waals surface area contributed by atoms with E-state index >= 15 is 0 Å². The third-order valence-electron chi connectivity index (χ3n) is 6.96. The predicted molar refractivity (Wildman–Crippen MR) is 125 cm³/mol. The Labute approximate surface area is 190 Å². The summed E-state index contributed by atoms with van der Waals surface area (Å²) in [7, 11) is 0.495. The molecule has 6 nitrogen and oxygen atoms in total. The first kappa shape index (κ1) is 19.7. The summed E-state index contributed by atoms with van der Waals surface area (Å²) in [6.45, 7) is 6.51. The number of carbonyl (C=O) groups is 1. The number of hydrogen-bond acceptors (Lipinski definition) is 5. The molecule has 6 aliphatic heterocycles. The Hall–Kier alpha value is -2.01. The zero-order valence-electron chi connectivity index (χ0n) is 17.6. The van der Waals surface area contributed by atoms with Gasteiger partial charge in [-0.3, -0.25) is 9.69 Å². The Kier molecular flexibility index (Phi) is 4.78. The van der Waals surface area contributed by atoms with Gasteiger partial charge in [0, 0.05) is 56.0 Å². The summed E-state index contributed by atoms with van der Waals surface area (Å²) in [4.78, 5) is 22.2. The number of rotatable bonds is 2. The Morgan fingerprint density at radius 2 is 2.06 bits per heavy atom. The molecule has 1 amide bonds. The maximum Gasteiger partial charge on any atom is 0.252 e. The molecule has 162 valence electrons. The number of nitrogens with zero attached hydrogens (tertiary/aromatic N) is 4. The zero-order valence-corrected chi connectivity index (χ0v) is 19.3. The molecule has 0 spiro atoms. The molecule has 0 aliphatic carbocycles. The number of piperazine rings is 1. The minimum absolute atomic E-state index is 0.0226. The summed E-state index contributed by atoms with van der Waals surface area (Å²) in [6.07, 6.45) is 17.0. The monoisotopic (exact) mass is 455 g/mol. The van der Waals surface area contributed by atoms with Crippen molar-refractivity contribution >= 4 is 26.1 Å². The van der Waals surface area contributed by atoms with Crippen LogP contribution in [0.1, 0.15) is 19.8 Å². The van der Waals surface area contributed by atoms with Crippen molar-refractivity contribution in [2.45, 2.75) is 37.8 Å². The summed E-state index contributed by atoms with van der Waals surface area (Å²) < 4.78 is 0. The maximum atomic E-state index is 13.1. The van der Waals surface area contributed by atoms with Gasteiger partial charge in [0.05, 0.1) is 16.5 Å². The second-order valence-corrected chi connectivity index (χ2v) is 10.9. The van der Waals surface area contributed by atoms with Gasteiger partial charge in [-0.05, 0) is 49.3 Å². The van der Waals surface area contributed by atoms with Gasteiger partial charge in [0.15, 0.2) is 0 Å². The van der Waals surface area contributed by atoms with Crippen LogP contribution < -0.4 is 5.32 Å². The van der Waals surface area contributed by atoms with Crippen LogP contribution >= 0.6 is 20.2 Å². The summed E-state index contributed by atoms with van der Waals surface area (Å²) in [5.74, 6) is 0.141. The van der Waals surface area contributed by atoms with Crippen molar-refractivity contribution < 1.29 is 4.79 Å². The molecule has 31 heavy (non-hydrogen) atoms. The first-order valence-corrected chi connectivity index (χ1v) is 12.5. The zero-order chi connectivity index (χ0) is 21.1. The predicted octanol–water partition coefficient (Wildman–Crippen LogP) is 3.02. The van der Waals surface area contributed by atoms with E-state index in [-0.39, 0.29) is 17.9 Å². The van der Waals surface area contributed by atoms with E-state index in [4.69, 9.17) is 11.6 Å². The lowest BCUT2D eigenvalue weighted by atomic mass is 10.1. The normalized spacial score (nSPS) is 33.2. The number of fused-ring (bicyclic) bond motifs is 3. The average molecular weight is 456 g/mol. The number of hydrogen-bond donors (Lipinski definition) is 1. The van der Waals surface area contributed by atoms with Crippen LogP contribution in [-0.2, 0) is 4.79 Å². The first-order chi connectivity index (χ1) is 15.0. The van der Waals surface area contributed by atoms with E-state index in [1.54, 1.807) is 6.08 Å². The van der Waals surface area contributed by atoms with E-state index in [0.717, 1.165) is 41.3 Å². The van der Waals surface area contributed by atoms with Gasteiger partial charge >= 0.3 is 0 Å². The molecule has 0 aromatic heterocycles. The van der Waals surface area contributed by atoms with E-state index in [2.05, 4.69) is 50.8 Å². The van der Waals surface area contributed by atoms with Gasteiger partial charge < -0.3 is 20.0 Å². The van der Waals surface area contributed by atoms with Crippen molar-refractivity contribution in [2.75, 3.05) is 26.2 Å². The molecular formula is C23H27ClN5OP. The van der Waals surface area contributed by atoms with Crippen LogP contribution in [0.3, 0.4) is 0 Å². The van der Waals surface area contributed by atoms with Crippen LogP contribution in [0.25, 0.3) is 0 Å². The van der Waals surface area contributed by atoms with E-state index in [1.165, 1.54) is 25.1 Å². The van der Waals surface area contributed by atoms with Gasteiger partial charge in [-0.2, -0.15) is 0 Å². The molecule has 6 heterocycles. The molecule has 0 aromatic carbocycles. The molecule has 8 heteroatoms. The lowest BCUT2D eigenvalue weighted by Crippen LogP contribution is -2.50. The molecule has 3 unspecified atom stereocenters. The highest BCUT2D eigenvalue weighted by Gasteiger charge is 2.35. The minimum atomic E-state index is -0.0226. The SMILES string of the molecule is CC1=CN2C=C(C3=CC(=O)N4C=C(N5CCN6CCC[C@@H]6C5)C=CC4P3)C=C(Cl)C2N1. The average Bonchev–Trinajstić information content (AvgIpc) is 3.38. The second-order valence-electron chi connectivity index (χ2n) is 9.00. The third-order valence-corrected chi connectivity index (χ3v) is 8.78. The smallest absolute Gasteiger partial charge is 0.252 e. The molecule has 2 saturated heterocycles. The first-order valence-electron chi connectivity index (χ1n) is 11.1. The van der Waals surface area contributed by atoms with E-state index in [1.807, 2.05) is 17.9 Å². The maximum absolute atomic E-state index is 13.1. The van der Waals surface area contributed by atoms with E-state index in [9.17, 15) is 4.79 Å². The van der Waals surface area contributed by atoms with Crippen molar-refractivity contribution in [1.82, 2.24) is 24.9 Å². The molecule has 6 aliphatic rings. The lowest BCUT2D eigenvalue weighted by molar-refractivity contribution is -0.124. The van der Waals surface area contributed by atoms with Crippen LogP contribution in [0.15, 0.2) is 70.2 Å². The fraction of sp³-hybridized carbons (Fsp3) is 0.435. The molecule has 2 fully saturated rings. The third kappa shape index (κ3) is 3.45. The van der Waals surface area contributed by atoms with Crippen molar-refractivity contribution in [2.24, 2.45) is 0 Å². The van der Waals surface area contributed by atoms with Gasteiger partial charge in [-0.25, -0.2) is 0 Å². The number of halogens is 1. The van der Waals surface area contributed by atoms with Crippen molar-refractivity contribution in [3.8, 4) is 0 Å². The Morgan fingerprint density at radius 3 is 2.97 bits per heavy atom. The molecule has 0 saturated carbocycles. The highest BCUT2D eigenvalue weighted by Crippen LogP contribution is 2.45. The van der Waals surface area contributed by atoms with Gasteiger partial charge in [-0.15, -0.1) is 0 Å². The number of amides is 1. The van der Waals surface area contributed by atoms with Gasteiger partial charge in [0.1, 0.15) is 6.17 Å². The summed E-state index contributed by atoms with van der Waals surface area (Å²) >= 11 is 6.55. The van der Waals surface area contributed by atoms with Crippen LogP contribution in [0, 0.1) is 0 Å². The molecule has 0 radical (unpaired) electrons. The summed E-state index contributed by atoms with van der Waals surface area (Å²) in [5, 5.41) is 5.18. The quantitative estimate of drug-likeness (QED) is 0.648. The highest BCUT2D eigenvalue weighted by atomic mass is 35.5. The highest BCUT2D eigenvalue weighted by molar-refractivity contribution is 7.44. The fourth-order valence-corrected chi connectivity index (χ4v) is 7.01. The number of carbonyl (C=O) groups excluding carboxylic acids is 1. The Bertz CT molecular complexity index is 1010. The summed E-state index contributed by atoms with van der Waals surface area (Å²) in [6, 6.07) is 0.669. The van der Waals surface area contributed by atoms with Gasteiger partial charge in [-0.1, -0.05) is 26.3 Å². The molecule has 1 N–H and O–H groups in total. The van der Waals surface area contributed by atoms with Crippen molar-refractivity contribution in [3.63, 3.8) is 0 Å². The standard InChI is InChI=1S/C23H27ClN5OP/c1-15-11-28-12-16(9-19(24)23(28)25-15)20-10-21(30)29-14-18(4-5-22(29)31-20)27-8-7-26-6-2-3-17(26)13-27/h4-5,9-12,14,17,22-23,25,31H,2-3,6-8,13H2,1H3/t17-,22?,23?/m1/s1. The van der Waals surface area contributed by atoms with Gasteiger partial charge in [0.2, 0.25) is 0 Å². The van der Waals surface area contributed by atoms with Gasteiger partial charge in [0.25, 0.3) is 5.91 Å². The largest absolute Gasteiger partial charge is 0.368 e. The Morgan fingerprint density at radius 1 is 1.16 bits per heavy atom. The summed E-state index contributed by atoms with van der Waals surface area (Å²) in [5.41, 5.74) is 3.28. The molecule has 4 atom stereocenters. The van der Waals surface area contributed by atoms with Crippen LogP contribution in [0.5, 0.6) is 0 Å². The second kappa shape index (κ2) is 7.54. The topological polar surface area (TPSA) is 42.1 Å². The fourth-order valence-electron chi connectivity index (χ4n) is 5.37. The van der Waals surface area contributed by atoms with E-state index in [0.29, 0.717) is 14.6 Å². The van der Waals surface area contributed by atoms with Crippen LogP contribution in [-0.4, -0.2) is 69.7 Å². The molecule has 0 aromatic rings. The van der Waals surface area contributed by atoms with Crippen molar-refractivity contribution in [3.05, 3.63) is 70.2 Å². The van der Waals surface area contributed by atoms with E-state index < -0.39 is 0 Å². The molecular weight excluding hydrogens is 429 g/mol. The van der Waals surface area contributed by atoms with Crippen LogP contribution in [0.4, 0.5) is 0 Å². The minimum Gasteiger partial charge on any atom is -0.368 e. The molecule has 0 bridgehead atoms. The van der Waals surface area contributed by atoms with Crippen LogP contribution in [0.2, 0.25) is 0 Å². The Balaban J connectivity index is 1.22. The lowest BCUT2D eigenvalue weighted by Gasteiger charge is -2.42. The number of nitrogens with one attached hydrogen (secondary N) is 1. The number of allylic oxidation sites excluding steroid dienone is 5. The molecule has 6 rings (SSSR count). The van der Waals surface area contributed by atoms with Crippen molar-refractivity contribution in [1.29, 1.82) is 0 Å².